The summed E-state index contributed by atoms with van der Waals surface area (Å²) in [6.07, 6.45) is 5.91. The van der Waals surface area contributed by atoms with Gasteiger partial charge in [0.1, 0.15) is 0 Å². The molecule has 2 N–H and O–H groups in total. The highest BCUT2D eigenvalue weighted by molar-refractivity contribution is 5.83. The van der Waals surface area contributed by atoms with E-state index in [1.165, 1.54) is 12.8 Å². The molecule has 1 aliphatic heterocycles. The van der Waals surface area contributed by atoms with Crippen LogP contribution in [0.2, 0.25) is 0 Å². The van der Waals surface area contributed by atoms with Crippen molar-refractivity contribution in [2.75, 3.05) is 13.1 Å². The lowest BCUT2D eigenvalue weighted by Gasteiger charge is -2.39. The molecule has 2 atom stereocenters. The van der Waals surface area contributed by atoms with Crippen LogP contribution in [0.4, 0.5) is 0 Å². The van der Waals surface area contributed by atoms with Gasteiger partial charge >= 0.3 is 0 Å². The zero-order valence-electron chi connectivity index (χ0n) is 9.44. The van der Waals surface area contributed by atoms with Crippen LogP contribution in [0, 0.1) is 11.3 Å². The Balaban J connectivity index is 1.58. The first kappa shape index (κ1) is 9.64. The zero-order chi connectivity index (χ0) is 10.5. The van der Waals surface area contributed by atoms with Gasteiger partial charge in [0.25, 0.3) is 0 Å². The molecule has 0 aromatic heterocycles. The number of amides is 1. The maximum Gasteiger partial charge on any atom is 0.224 e. The van der Waals surface area contributed by atoms with Crippen LogP contribution in [0.5, 0.6) is 0 Å². The minimum absolute atomic E-state index is 0.132. The number of rotatable bonds is 2. The van der Waals surface area contributed by atoms with Crippen molar-refractivity contribution in [1.82, 2.24) is 10.6 Å². The fraction of sp³-hybridized carbons (Fsp3) is 0.917. The third-order valence-electron chi connectivity index (χ3n) is 4.67. The van der Waals surface area contributed by atoms with E-state index in [1.54, 1.807) is 0 Å². The minimum atomic E-state index is 0.132. The summed E-state index contributed by atoms with van der Waals surface area (Å²) in [6.45, 7) is 4.33. The van der Waals surface area contributed by atoms with E-state index in [1.807, 2.05) is 0 Å². The summed E-state index contributed by atoms with van der Waals surface area (Å²) >= 11 is 0. The van der Waals surface area contributed by atoms with E-state index in [0.717, 1.165) is 32.4 Å². The summed E-state index contributed by atoms with van der Waals surface area (Å²) in [4.78, 5) is 12.0. The molecular formula is C12H20N2O. The molecule has 0 bridgehead atoms. The highest BCUT2D eigenvalue weighted by Crippen LogP contribution is 2.56. The molecule has 84 valence electrons. The van der Waals surface area contributed by atoms with Gasteiger partial charge in [0, 0.05) is 18.0 Å². The van der Waals surface area contributed by atoms with E-state index in [-0.39, 0.29) is 5.54 Å². The van der Waals surface area contributed by atoms with Crippen molar-refractivity contribution < 1.29 is 4.79 Å². The fourth-order valence-electron chi connectivity index (χ4n) is 3.17. The topological polar surface area (TPSA) is 41.1 Å². The third-order valence-corrected chi connectivity index (χ3v) is 4.67. The lowest BCUT2D eigenvalue weighted by atomic mass is 9.78. The molecule has 1 heterocycles. The van der Waals surface area contributed by atoms with Gasteiger partial charge in [0.15, 0.2) is 0 Å². The molecule has 3 nitrogen and oxygen atoms in total. The maximum absolute atomic E-state index is 12.0. The molecule has 2 aliphatic carbocycles. The second-order valence-corrected chi connectivity index (χ2v) is 5.95. The van der Waals surface area contributed by atoms with Crippen molar-refractivity contribution in [3.05, 3.63) is 0 Å². The summed E-state index contributed by atoms with van der Waals surface area (Å²) < 4.78 is 0. The molecule has 0 aromatic carbocycles. The Kier molecular flexibility index (Phi) is 1.91. The first-order valence-corrected chi connectivity index (χ1v) is 6.16. The standard InChI is InChI=1S/C12H20N2O/c1-11(3-2-4-11)14-10(15)9-7-12(9)5-6-13-8-12/h9,13H,2-8H2,1H3,(H,14,15). The molecule has 15 heavy (non-hydrogen) atoms. The molecule has 0 radical (unpaired) electrons. The van der Waals surface area contributed by atoms with Crippen LogP contribution in [0.1, 0.15) is 39.0 Å². The van der Waals surface area contributed by atoms with Gasteiger partial charge < -0.3 is 10.6 Å². The van der Waals surface area contributed by atoms with E-state index in [9.17, 15) is 4.79 Å². The van der Waals surface area contributed by atoms with Gasteiger partial charge in [0.2, 0.25) is 5.91 Å². The second-order valence-electron chi connectivity index (χ2n) is 5.95. The van der Waals surface area contributed by atoms with E-state index < -0.39 is 0 Å². The predicted octanol–water partition coefficient (Wildman–Crippen LogP) is 1.04. The molecule has 3 rings (SSSR count). The van der Waals surface area contributed by atoms with Crippen LogP contribution < -0.4 is 10.6 Å². The Hall–Kier alpha value is -0.570. The van der Waals surface area contributed by atoms with Crippen molar-refractivity contribution in [3.8, 4) is 0 Å². The molecular weight excluding hydrogens is 188 g/mol. The monoisotopic (exact) mass is 208 g/mol. The van der Waals surface area contributed by atoms with Crippen LogP contribution in [-0.4, -0.2) is 24.5 Å². The van der Waals surface area contributed by atoms with Crippen LogP contribution in [0.3, 0.4) is 0 Å². The molecule has 3 heteroatoms. The van der Waals surface area contributed by atoms with Crippen LogP contribution in [0.25, 0.3) is 0 Å². The Morgan fingerprint density at radius 1 is 1.40 bits per heavy atom. The second kappa shape index (κ2) is 2.97. The molecule has 2 saturated carbocycles. The largest absolute Gasteiger partial charge is 0.351 e. The number of hydrogen-bond donors (Lipinski definition) is 2. The molecule has 2 unspecified atom stereocenters. The Bertz CT molecular complexity index is 290. The Labute approximate surface area is 91.0 Å². The van der Waals surface area contributed by atoms with E-state index in [2.05, 4.69) is 17.6 Å². The first-order valence-electron chi connectivity index (χ1n) is 6.16. The molecule has 3 fully saturated rings. The average molecular weight is 208 g/mol. The number of carbonyl (C=O) groups excluding carboxylic acids is 1. The van der Waals surface area contributed by atoms with Crippen LogP contribution >= 0.6 is 0 Å². The summed E-state index contributed by atoms with van der Waals surface area (Å²) in [5.41, 5.74) is 0.483. The van der Waals surface area contributed by atoms with Crippen molar-refractivity contribution in [1.29, 1.82) is 0 Å². The first-order chi connectivity index (χ1) is 7.14. The summed E-state index contributed by atoms with van der Waals surface area (Å²) in [6, 6.07) is 0. The van der Waals surface area contributed by atoms with Gasteiger partial charge in [-0.1, -0.05) is 0 Å². The van der Waals surface area contributed by atoms with Crippen molar-refractivity contribution in [2.45, 2.75) is 44.6 Å². The van der Waals surface area contributed by atoms with Crippen molar-refractivity contribution in [2.24, 2.45) is 11.3 Å². The smallest absolute Gasteiger partial charge is 0.224 e. The van der Waals surface area contributed by atoms with Gasteiger partial charge in [-0.2, -0.15) is 0 Å². The lowest BCUT2D eigenvalue weighted by Crippen LogP contribution is -2.51. The maximum atomic E-state index is 12.0. The van der Waals surface area contributed by atoms with Gasteiger partial charge in [0.05, 0.1) is 0 Å². The van der Waals surface area contributed by atoms with Crippen molar-refractivity contribution in [3.63, 3.8) is 0 Å². The predicted molar refractivity (Wildman–Crippen MR) is 58.4 cm³/mol. The minimum Gasteiger partial charge on any atom is -0.351 e. The van der Waals surface area contributed by atoms with Crippen LogP contribution in [-0.2, 0) is 4.79 Å². The molecule has 1 spiro atoms. The summed E-state index contributed by atoms with van der Waals surface area (Å²) in [7, 11) is 0. The molecule has 1 amide bonds. The number of carbonyl (C=O) groups is 1. The number of nitrogens with one attached hydrogen (secondary N) is 2. The van der Waals surface area contributed by atoms with Gasteiger partial charge in [-0.25, -0.2) is 0 Å². The van der Waals surface area contributed by atoms with E-state index in [0.29, 0.717) is 17.2 Å². The average Bonchev–Trinajstić information content (AvgIpc) is 2.63. The quantitative estimate of drug-likeness (QED) is 0.712. The summed E-state index contributed by atoms with van der Waals surface area (Å²) in [5, 5.41) is 6.61. The number of hydrogen-bond acceptors (Lipinski definition) is 2. The third kappa shape index (κ3) is 1.48. The normalized spacial score (nSPS) is 41.3. The highest BCUT2D eigenvalue weighted by atomic mass is 16.2. The summed E-state index contributed by atoms with van der Waals surface area (Å²) in [5.74, 6) is 0.630. The fourth-order valence-corrected chi connectivity index (χ4v) is 3.17. The van der Waals surface area contributed by atoms with Gasteiger partial charge in [-0.15, -0.1) is 0 Å². The molecule has 1 saturated heterocycles. The highest BCUT2D eigenvalue weighted by Gasteiger charge is 2.59. The molecule has 3 aliphatic rings. The van der Waals surface area contributed by atoms with Crippen LogP contribution in [0.15, 0.2) is 0 Å². The lowest BCUT2D eigenvalue weighted by molar-refractivity contribution is -0.125. The SMILES string of the molecule is CC1(NC(=O)C2CC23CCNC3)CCC1. The Morgan fingerprint density at radius 3 is 2.73 bits per heavy atom. The van der Waals surface area contributed by atoms with Crippen molar-refractivity contribution >= 4 is 5.91 Å². The molecule has 0 aromatic rings. The Morgan fingerprint density at radius 2 is 2.20 bits per heavy atom. The van der Waals surface area contributed by atoms with Gasteiger partial charge in [-0.05, 0) is 51.0 Å². The van der Waals surface area contributed by atoms with E-state index in [4.69, 9.17) is 0 Å². The van der Waals surface area contributed by atoms with E-state index >= 15 is 0 Å². The zero-order valence-corrected chi connectivity index (χ0v) is 9.44. The van der Waals surface area contributed by atoms with Gasteiger partial charge in [-0.3, -0.25) is 4.79 Å².